The molecule has 1 saturated heterocycles. The third-order valence-electron chi connectivity index (χ3n) is 4.49. The molecule has 0 N–H and O–H groups in total. The standard InChI is InChI=1S/C17H19N3O5/c1-10-18-16(25-19-10)12-7-11(22-2)8-20(12)17(21)15-9-23-13-5-3-4-6-14(13)24-15/h3-6,11-12,15H,7-9H2,1-2H3/t11-,12-,15?/m1/s1. The second kappa shape index (κ2) is 6.36. The zero-order valence-corrected chi connectivity index (χ0v) is 14.0. The molecule has 0 radical (unpaired) electrons. The molecule has 0 bridgehead atoms. The van der Waals surface area contributed by atoms with Gasteiger partial charge in [0, 0.05) is 20.1 Å². The summed E-state index contributed by atoms with van der Waals surface area (Å²) in [4.78, 5) is 19.0. The molecule has 0 aliphatic carbocycles. The highest BCUT2D eigenvalue weighted by Gasteiger charge is 2.43. The van der Waals surface area contributed by atoms with Crippen LogP contribution in [-0.2, 0) is 9.53 Å². The molecule has 1 aromatic carbocycles. The van der Waals surface area contributed by atoms with Crippen LogP contribution in [0.15, 0.2) is 28.8 Å². The van der Waals surface area contributed by atoms with Crippen LogP contribution in [0.4, 0.5) is 0 Å². The molecule has 8 nitrogen and oxygen atoms in total. The number of benzene rings is 1. The third kappa shape index (κ3) is 2.93. The fourth-order valence-electron chi connectivity index (χ4n) is 3.22. The maximum Gasteiger partial charge on any atom is 0.268 e. The van der Waals surface area contributed by atoms with E-state index in [1.807, 2.05) is 18.2 Å². The highest BCUT2D eigenvalue weighted by molar-refractivity contribution is 5.82. The number of amides is 1. The monoisotopic (exact) mass is 345 g/mol. The zero-order chi connectivity index (χ0) is 17.4. The van der Waals surface area contributed by atoms with Crippen molar-refractivity contribution < 1.29 is 23.5 Å². The minimum absolute atomic E-state index is 0.0852. The summed E-state index contributed by atoms with van der Waals surface area (Å²) >= 11 is 0. The number of ether oxygens (including phenoxy) is 3. The summed E-state index contributed by atoms with van der Waals surface area (Å²) in [6.45, 7) is 2.36. The normalized spacial score (nSPS) is 25.2. The second-order valence-electron chi connectivity index (χ2n) is 6.14. The van der Waals surface area contributed by atoms with E-state index in [4.69, 9.17) is 18.7 Å². The van der Waals surface area contributed by atoms with Gasteiger partial charge >= 0.3 is 0 Å². The van der Waals surface area contributed by atoms with Crippen molar-refractivity contribution in [3.63, 3.8) is 0 Å². The lowest BCUT2D eigenvalue weighted by molar-refractivity contribution is -0.143. The maximum atomic E-state index is 13.0. The van der Waals surface area contributed by atoms with Crippen molar-refractivity contribution in [2.24, 2.45) is 0 Å². The van der Waals surface area contributed by atoms with Gasteiger partial charge in [-0.2, -0.15) is 4.98 Å². The first-order valence-corrected chi connectivity index (χ1v) is 8.17. The molecule has 1 unspecified atom stereocenters. The van der Waals surface area contributed by atoms with Gasteiger partial charge in [0.1, 0.15) is 12.6 Å². The second-order valence-corrected chi connectivity index (χ2v) is 6.14. The van der Waals surface area contributed by atoms with Crippen molar-refractivity contribution in [1.82, 2.24) is 15.0 Å². The molecule has 4 rings (SSSR count). The molecule has 1 amide bonds. The van der Waals surface area contributed by atoms with Crippen molar-refractivity contribution in [2.75, 3.05) is 20.3 Å². The van der Waals surface area contributed by atoms with Gasteiger partial charge in [0.15, 0.2) is 17.3 Å². The summed E-state index contributed by atoms with van der Waals surface area (Å²) in [6.07, 6.45) is -0.191. The first kappa shape index (κ1) is 15.9. The number of carbonyl (C=O) groups is 1. The van der Waals surface area contributed by atoms with Crippen LogP contribution in [0.2, 0.25) is 0 Å². The molecular formula is C17H19N3O5. The highest BCUT2D eigenvalue weighted by atomic mass is 16.6. The van der Waals surface area contributed by atoms with E-state index >= 15 is 0 Å². The van der Waals surface area contributed by atoms with Gasteiger partial charge < -0.3 is 23.6 Å². The quantitative estimate of drug-likeness (QED) is 0.833. The van der Waals surface area contributed by atoms with Crippen LogP contribution < -0.4 is 9.47 Å². The van der Waals surface area contributed by atoms with Gasteiger partial charge in [-0.3, -0.25) is 4.79 Å². The molecule has 2 aliphatic heterocycles. The number of methoxy groups -OCH3 is 1. The van der Waals surface area contributed by atoms with E-state index < -0.39 is 6.10 Å². The Morgan fingerprint density at radius 2 is 2.12 bits per heavy atom. The summed E-state index contributed by atoms with van der Waals surface area (Å²) in [5.41, 5.74) is 0. The molecule has 2 aromatic rings. The minimum atomic E-state index is -0.711. The fourth-order valence-corrected chi connectivity index (χ4v) is 3.22. The lowest BCUT2D eigenvalue weighted by Gasteiger charge is -2.30. The molecule has 0 saturated carbocycles. The Bertz CT molecular complexity index is 777. The SMILES string of the molecule is CO[C@@H]1C[C@H](c2nc(C)no2)N(C(=O)C2COc3ccccc3O2)C1. The average molecular weight is 345 g/mol. The number of fused-ring (bicyclic) bond motifs is 1. The van der Waals surface area contributed by atoms with Gasteiger partial charge in [-0.05, 0) is 19.1 Å². The molecule has 3 heterocycles. The van der Waals surface area contributed by atoms with Crippen molar-refractivity contribution in [3.8, 4) is 11.5 Å². The van der Waals surface area contributed by atoms with Crippen molar-refractivity contribution in [3.05, 3.63) is 36.0 Å². The summed E-state index contributed by atoms with van der Waals surface area (Å²) in [6, 6.07) is 6.99. The van der Waals surface area contributed by atoms with Gasteiger partial charge in [-0.1, -0.05) is 17.3 Å². The van der Waals surface area contributed by atoms with E-state index in [-0.39, 0.29) is 24.7 Å². The Kier molecular flexibility index (Phi) is 4.04. The Morgan fingerprint density at radius 1 is 1.32 bits per heavy atom. The van der Waals surface area contributed by atoms with E-state index in [0.29, 0.717) is 36.2 Å². The van der Waals surface area contributed by atoms with Crippen LogP contribution in [0.5, 0.6) is 11.5 Å². The number of likely N-dealkylation sites (tertiary alicyclic amines) is 1. The highest BCUT2D eigenvalue weighted by Crippen LogP contribution is 2.36. The van der Waals surface area contributed by atoms with E-state index in [2.05, 4.69) is 10.1 Å². The van der Waals surface area contributed by atoms with Crippen LogP contribution in [0.3, 0.4) is 0 Å². The van der Waals surface area contributed by atoms with Crippen molar-refractivity contribution >= 4 is 5.91 Å². The van der Waals surface area contributed by atoms with Crippen LogP contribution in [0, 0.1) is 6.92 Å². The molecule has 3 atom stereocenters. The number of aryl methyl sites for hydroxylation is 1. The Hall–Kier alpha value is -2.61. The molecule has 132 valence electrons. The number of carbonyl (C=O) groups excluding carboxylic acids is 1. The third-order valence-corrected chi connectivity index (χ3v) is 4.49. The minimum Gasteiger partial charge on any atom is -0.485 e. The molecular weight excluding hydrogens is 326 g/mol. The number of rotatable bonds is 3. The largest absolute Gasteiger partial charge is 0.485 e. The smallest absolute Gasteiger partial charge is 0.268 e. The van der Waals surface area contributed by atoms with Gasteiger partial charge in [0.05, 0.1) is 6.10 Å². The van der Waals surface area contributed by atoms with Gasteiger partial charge in [-0.25, -0.2) is 0 Å². The number of aromatic nitrogens is 2. The van der Waals surface area contributed by atoms with Crippen LogP contribution in [-0.4, -0.2) is 53.4 Å². The van der Waals surface area contributed by atoms with Gasteiger partial charge in [0.25, 0.3) is 5.91 Å². The first-order chi connectivity index (χ1) is 12.2. The number of nitrogens with zero attached hydrogens (tertiary/aromatic N) is 3. The number of para-hydroxylation sites is 2. The number of hydrogen-bond acceptors (Lipinski definition) is 7. The maximum absolute atomic E-state index is 13.0. The fraction of sp³-hybridized carbons (Fsp3) is 0.471. The van der Waals surface area contributed by atoms with Crippen molar-refractivity contribution in [2.45, 2.75) is 31.6 Å². The molecule has 25 heavy (non-hydrogen) atoms. The molecule has 1 aromatic heterocycles. The summed E-state index contributed by atoms with van der Waals surface area (Å²) in [7, 11) is 1.63. The Labute approximate surface area is 144 Å². The van der Waals surface area contributed by atoms with Crippen molar-refractivity contribution in [1.29, 1.82) is 0 Å². The summed E-state index contributed by atoms with van der Waals surface area (Å²) in [5.74, 6) is 2.00. The summed E-state index contributed by atoms with van der Waals surface area (Å²) < 4.78 is 22.2. The Balaban J connectivity index is 1.55. The first-order valence-electron chi connectivity index (χ1n) is 8.17. The van der Waals surface area contributed by atoms with Gasteiger partial charge in [0.2, 0.25) is 12.0 Å². The van der Waals surface area contributed by atoms with E-state index in [1.165, 1.54) is 0 Å². The molecule has 0 spiro atoms. The molecule has 1 fully saturated rings. The van der Waals surface area contributed by atoms with Gasteiger partial charge in [-0.15, -0.1) is 0 Å². The Morgan fingerprint density at radius 3 is 2.84 bits per heavy atom. The molecule has 2 aliphatic rings. The lowest BCUT2D eigenvalue weighted by atomic mass is 10.2. The lowest BCUT2D eigenvalue weighted by Crippen LogP contribution is -2.46. The van der Waals surface area contributed by atoms with E-state index in [9.17, 15) is 4.79 Å². The molecule has 8 heteroatoms. The van der Waals surface area contributed by atoms with E-state index in [0.717, 1.165) is 0 Å². The predicted octanol–water partition coefficient (Wildman–Crippen LogP) is 1.51. The number of hydrogen-bond donors (Lipinski definition) is 0. The van der Waals surface area contributed by atoms with Crippen LogP contribution >= 0.6 is 0 Å². The topological polar surface area (TPSA) is 86.9 Å². The van der Waals surface area contributed by atoms with Crippen LogP contribution in [0.25, 0.3) is 0 Å². The van der Waals surface area contributed by atoms with Crippen LogP contribution in [0.1, 0.15) is 24.2 Å². The summed E-state index contributed by atoms with van der Waals surface area (Å²) in [5, 5.41) is 3.83. The predicted molar refractivity (Wildman–Crippen MR) is 85.3 cm³/mol. The average Bonchev–Trinajstić information content (AvgIpc) is 3.26. The van der Waals surface area contributed by atoms with E-state index in [1.54, 1.807) is 25.0 Å². The zero-order valence-electron chi connectivity index (χ0n) is 14.0.